The van der Waals surface area contributed by atoms with E-state index in [1.54, 1.807) is 18.2 Å². The number of amides is 2. The summed E-state index contributed by atoms with van der Waals surface area (Å²) >= 11 is 1.40. The lowest BCUT2D eigenvalue weighted by Gasteiger charge is -2.09. The molecule has 2 N–H and O–H groups in total. The summed E-state index contributed by atoms with van der Waals surface area (Å²) < 4.78 is 0. The van der Waals surface area contributed by atoms with E-state index in [1.165, 1.54) is 18.3 Å². The summed E-state index contributed by atoms with van der Waals surface area (Å²) in [7, 11) is 0. The largest absolute Gasteiger partial charge is 0.326 e. The van der Waals surface area contributed by atoms with Crippen LogP contribution < -0.4 is 10.6 Å². The fourth-order valence-corrected chi connectivity index (χ4v) is 2.29. The first kappa shape index (κ1) is 13.3. The molecule has 2 aromatic rings. The minimum Gasteiger partial charge on any atom is -0.326 e. The minimum absolute atomic E-state index is 0.113. The van der Waals surface area contributed by atoms with Gasteiger partial charge < -0.3 is 10.6 Å². The van der Waals surface area contributed by atoms with Gasteiger partial charge in [0.05, 0.1) is 4.88 Å². The third-order valence-electron chi connectivity index (χ3n) is 2.54. The fourth-order valence-electron chi connectivity index (χ4n) is 1.67. The molecule has 0 saturated carbocycles. The average molecular weight is 274 g/mol. The van der Waals surface area contributed by atoms with E-state index in [9.17, 15) is 9.59 Å². The molecule has 0 spiro atoms. The van der Waals surface area contributed by atoms with Gasteiger partial charge in [0.15, 0.2) is 0 Å². The monoisotopic (exact) mass is 274 g/mol. The highest BCUT2D eigenvalue weighted by Gasteiger charge is 2.08. The minimum atomic E-state index is -0.123. The van der Waals surface area contributed by atoms with Gasteiger partial charge in [0, 0.05) is 18.3 Å². The molecule has 0 bridgehead atoms. The zero-order chi connectivity index (χ0) is 13.8. The van der Waals surface area contributed by atoms with E-state index in [-0.39, 0.29) is 11.8 Å². The van der Waals surface area contributed by atoms with Crippen molar-refractivity contribution < 1.29 is 9.59 Å². The van der Waals surface area contributed by atoms with E-state index >= 15 is 0 Å². The molecule has 19 heavy (non-hydrogen) atoms. The van der Waals surface area contributed by atoms with Crippen molar-refractivity contribution in [2.75, 3.05) is 10.6 Å². The van der Waals surface area contributed by atoms with Crippen LogP contribution >= 0.6 is 11.3 Å². The SMILES string of the molecule is CC(=O)Nc1ccc(NC(=O)c2cccs2)cc1C. The first-order chi connectivity index (χ1) is 9.06. The summed E-state index contributed by atoms with van der Waals surface area (Å²) in [5, 5.41) is 7.42. The smallest absolute Gasteiger partial charge is 0.265 e. The highest BCUT2D eigenvalue weighted by Crippen LogP contribution is 2.20. The lowest BCUT2D eigenvalue weighted by Crippen LogP contribution is -2.11. The van der Waals surface area contributed by atoms with E-state index in [0.717, 1.165) is 11.3 Å². The second-order valence-corrected chi connectivity index (χ2v) is 5.09. The third kappa shape index (κ3) is 3.42. The van der Waals surface area contributed by atoms with Crippen LogP contribution in [0.15, 0.2) is 35.7 Å². The summed E-state index contributed by atoms with van der Waals surface area (Å²) in [5.74, 6) is -0.236. The zero-order valence-electron chi connectivity index (χ0n) is 10.7. The molecule has 0 aliphatic carbocycles. The lowest BCUT2D eigenvalue weighted by atomic mass is 10.1. The van der Waals surface area contributed by atoms with Crippen molar-refractivity contribution in [3.63, 3.8) is 0 Å². The van der Waals surface area contributed by atoms with Gasteiger partial charge >= 0.3 is 0 Å². The number of nitrogens with one attached hydrogen (secondary N) is 2. The van der Waals surface area contributed by atoms with Crippen molar-refractivity contribution >= 4 is 34.5 Å². The maximum Gasteiger partial charge on any atom is 0.265 e. The van der Waals surface area contributed by atoms with Crippen LogP contribution in [0.3, 0.4) is 0 Å². The maximum absolute atomic E-state index is 11.9. The molecule has 1 aromatic heterocycles. The molecule has 0 unspecified atom stereocenters. The van der Waals surface area contributed by atoms with Crippen molar-refractivity contribution in [2.45, 2.75) is 13.8 Å². The van der Waals surface area contributed by atoms with Gasteiger partial charge in [-0.2, -0.15) is 0 Å². The number of anilines is 2. The van der Waals surface area contributed by atoms with Crippen LogP contribution in [-0.2, 0) is 4.79 Å². The topological polar surface area (TPSA) is 58.2 Å². The van der Waals surface area contributed by atoms with Gasteiger partial charge in [-0.25, -0.2) is 0 Å². The first-order valence-electron chi connectivity index (χ1n) is 5.79. The summed E-state index contributed by atoms with van der Waals surface area (Å²) in [6, 6.07) is 8.99. The molecule has 0 atom stereocenters. The number of thiophene rings is 1. The van der Waals surface area contributed by atoms with Crippen LogP contribution in [0.4, 0.5) is 11.4 Å². The fraction of sp³-hybridized carbons (Fsp3) is 0.143. The Morgan fingerprint density at radius 2 is 1.95 bits per heavy atom. The normalized spacial score (nSPS) is 10.0. The van der Waals surface area contributed by atoms with Crippen LogP contribution in [0.25, 0.3) is 0 Å². The molecular weight excluding hydrogens is 260 g/mol. The van der Waals surface area contributed by atoms with E-state index in [0.29, 0.717) is 10.6 Å². The second kappa shape index (κ2) is 5.67. The second-order valence-electron chi connectivity index (χ2n) is 4.14. The molecule has 5 heteroatoms. The molecule has 1 aromatic carbocycles. The number of hydrogen-bond acceptors (Lipinski definition) is 3. The summed E-state index contributed by atoms with van der Waals surface area (Å²) in [6.45, 7) is 3.35. The molecule has 0 radical (unpaired) electrons. The molecule has 1 heterocycles. The van der Waals surface area contributed by atoms with Crippen molar-refractivity contribution in [3.8, 4) is 0 Å². The summed E-state index contributed by atoms with van der Waals surface area (Å²) in [5.41, 5.74) is 2.37. The van der Waals surface area contributed by atoms with Crippen LogP contribution in [0.2, 0.25) is 0 Å². The molecule has 2 rings (SSSR count). The summed E-state index contributed by atoms with van der Waals surface area (Å²) in [4.78, 5) is 23.6. The molecular formula is C14H14N2O2S. The van der Waals surface area contributed by atoms with Gasteiger partial charge in [-0.3, -0.25) is 9.59 Å². The number of aryl methyl sites for hydroxylation is 1. The van der Waals surface area contributed by atoms with E-state index in [4.69, 9.17) is 0 Å². The van der Waals surface area contributed by atoms with Gasteiger partial charge in [-0.15, -0.1) is 11.3 Å². The van der Waals surface area contributed by atoms with Crippen molar-refractivity contribution in [3.05, 3.63) is 46.2 Å². The third-order valence-corrected chi connectivity index (χ3v) is 3.41. The number of rotatable bonds is 3. The Hall–Kier alpha value is -2.14. The van der Waals surface area contributed by atoms with Crippen LogP contribution in [0.5, 0.6) is 0 Å². The van der Waals surface area contributed by atoms with Crippen LogP contribution in [0, 0.1) is 6.92 Å². The zero-order valence-corrected chi connectivity index (χ0v) is 11.5. The first-order valence-corrected chi connectivity index (χ1v) is 6.67. The standard InChI is InChI=1S/C14H14N2O2S/c1-9-8-11(5-6-12(9)15-10(2)17)16-14(18)13-4-3-7-19-13/h3-8H,1-2H3,(H,15,17)(H,16,18). The van der Waals surface area contributed by atoms with Crippen LogP contribution in [0.1, 0.15) is 22.2 Å². The van der Waals surface area contributed by atoms with Crippen molar-refractivity contribution in [1.29, 1.82) is 0 Å². The molecule has 0 aliphatic rings. The Kier molecular flexibility index (Phi) is 3.97. The molecule has 4 nitrogen and oxygen atoms in total. The van der Waals surface area contributed by atoms with Gasteiger partial charge in [-0.05, 0) is 42.1 Å². The predicted octanol–water partition coefficient (Wildman–Crippen LogP) is 3.27. The Morgan fingerprint density at radius 1 is 1.16 bits per heavy atom. The number of carbonyl (C=O) groups is 2. The number of benzene rings is 1. The maximum atomic E-state index is 11.9. The highest BCUT2D eigenvalue weighted by atomic mass is 32.1. The highest BCUT2D eigenvalue weighted by molar-refractivity contribution is 7.12. The van der Waals surface area contributed by atoms with Crippen molar-refractivity contribution in [2.24, 2.45) is 0 Å². The molecule has 98 valence electrons. The molecule has 0 saturated heterocycles. The lowest BCUT2D eigenvalue weighted by molar-refractivity contribution is -0.114. The van der Waals surface area contributed by atoms with E-state index < -0.39 is 0 Å². The van der Waals surface area contributed by atoms with Crippen molar-refractivity contribution in [1.82, 2.24) is 0 Å². The van der Waals surface area contributed by atoms with Crippen LogP contribution in [-0.4, -0.2) is 11.8 Å². The Morgan fingerprint density at radius 3 is 2.53 bits per heavy atom. The van der Waals surface area contributed by atoms with E-state index in [2.05, 4.69) is 10.6 Å². The summed E-state index contributed by atoms with van der Waals surface area (Å²) in [6.07, 6.45) is 0. The van der Waals surface area contributed by atoms with Gasteiger partial charge in [0.25, 0.3) is 5.91 Å². The Labute approximate surface area is 115 Å². The van der Waals surface area contributed by atoms with E-state index in [1.807, 2.05) is 24.4 Å². The average Bonchev–Trinajstić information content (AvgIpc) is 2.86. The Bertz CT molecular complexity index is 606. The molecule has 0 fully saturated rings. The van der Waals surface area contributed by atoms with Gasteiger partial charge in [-0.1, -0.05) is 6.07 Å². The predicted molar refractivity (Wildman–Crippen MR) is 77.8 cm³/mol. The van der Waals surface area contributed by atoms with Gasteiger partial charge in [0.1, 0.15) is 0 Å². The number of carbonyl (C=O) groups excluding carboxylic acids is 2. The molecule has 2 amide bonds. The van der Waals surface area contributed by atoms with Gasteiger partial charge in [0.2, 0.25) is 5.91 Å². The Balaban J connectivity index is 2.12. The molecule has 0 aliphatic heterocycles. The number of hydrogen-bond donors (Lipinski definition) is 2. The quantitative estimate of drug-likeness (QED) is 0.902.